The Labute approximate surface area is 168 Å². The molecule has 0 spiro atoms. The van der Waals surface area contributed by atoms with Gasteiger partial charge in [-0.05, 0) is 43.5 Å². The second kappa shape index (κ2) is 9.46. The predicted molar refractivity (Wildman–Crippen MR) is 105 cm³/mol. The van der Waals surface area contributed by atoms with Gasteiger partial charge in [-0.15, -0.1) is 10.2 Å². The molecule has 1 aromatic heterocycles. The maximum absolute atomic E-state index is 11.5. The van der Waals surface area contributed by atoms with Gasteiger partial charge in [-0.25, -0.2) is 0 Å². The number of aryl methyl sites for hydroxylation is 1. The molecule has 1 heterocycles. The predicted octanol–water partition coefficient (Wildman–Crippen LogP) is 4.59. The van der Waals surface area contributed by atoms with Gasteiger partial charge in [0.05, 0.1) is 12.9 Å². The third-order valence-corrected chi connectivity index (χ3v) is 5.87. The van der Waals surface area contributed by atoms with Crippen LogP contribution in [0.5, 0.6) is 5.75 Å². The average molecular weight is 410 g/mol. The number of benzene rings is 1. The summed E-state index contributed by atoms with van der Waals surface area (Å²) in [4.78, 5) is 11.5. The van der Waals surface area contributed by atoms with Gasteiger partial charge in [-0.1, -0.05) is 42.6 Å². The second-order valence-corrected chi connectivity index (χ2v) is 8.00. The molecule has 0 saturated heterocycles. The maximum atomic E-state index is 11.5. The van der Waals surface area contributed by atoms with Crippen LogP contribution in [0.15, 0.2) is 23.4 Å². The Morgan fingerprint density at radius 2 is 2.07 bits per heavy atom. The lowest BCUT2D eigenvalue weighted by atomic mass is 9.95. The molecule has 1 saturated carbocycles. The summed E-state index contributed by atoms with van der Waals surface area (Å²) in [6.45, 7) is 2.29. The summed E-state index contributed by atoms with van der Waals surface area (Å²) in [7, 11) is 1.39. The molecule has 0 atom stereocenters. The molecule has 1 aliphatic rings. The van der Waals surface area contributed by atoms with Crippen molar-refractivity contribution in [3.63, 3.8) is 0 Å². The van der Waals surface area contributed by atoms with Gasteiger partial charge < -0.3 is 9.47 Å². The van der Waals surface area contributed by atoms with Crippen LogP contribution in [0, 0.1) is 6.92 Å². The van der Waals surface area contributed by atoms with E-state index < -0.39 is 0 Å². The van der Waals surface area contributed by atoms with Crippen LogP contribution in [0.1, 0.15) is 49.5 Å². The number of ether oxygens (including phenoxy) is 2. The fraction of sp³-hybridized carbons (Fsp3) is 0.526. The van der Waals surface area contributed by atoms with E-state index in [0.29, 0.717) is 17.7 Å². The minimum Gasteiger partial charge on any atom is -0.485 e. The molecule has 0 unspecified atom stereocenters. The molecule has 0 bridgehead atoms. The molecule has 1 aromatic carbocycles. The molecule has 0 amide bonds. The van der Waals surface area contributed by atoms with E-state index in [-0.39, 0.29) is 11.7 Å². The molecule has 1 aliphatic carbocycles. The lowest BCUT2D eigenvalue weighted by molar-refractivity contribution is -0.137. The fourth-order valence-corrected chi connectivity index (χ4v) is 4.39. The maximum Gasteiger partial charge on any atom is 0.316 e. The Balaban J connectivity index is 1.78. The Bertz CT molecular complexity index is 791. The number of rotatable bonds is 7. The summed E-state index contributed by atoms with van der Waals surface area (Å²) in [6, 6.07) is 5.90. The van der Waals surface area contributed by atoms with E-state index in [0.717, 1.165) is 35.1 Å². The lowest BCUT2D eigenvalue weighted by Crippen LogP contribution is -2.18. The van der Waals surface area contributed by atoms with Crippen molar-refractivity contribution in [2.75, 3.05) is 12.9 Å². The Hall–Kier alpha value is -1.73. The third-order valence-electron chi connectivity index (χ3n) is 4.72. The van der Waals surface area contributed by atoms with Gasteiger partial charge >= 0.3 is 5.97 Å². The number of nitrogens with zero attached hydrogens (tertiary/aromatic N) is 3. The van der Waals surface area contributed by atoms with Gasteiger partial charge in [-0.3, -0.25) is 9.36 Å². The van der Waals surface area contributed by atoms with Crippen molar-refractivity contribution in [1.29, 1.82) is 0 Å². The molecular formula is C19H24ClN3O3S. The standard InChI is InChI=1S/C19H24ClN3O3S/c1-13-10-14(20)8-9-16(13)26-11-17-21-22-19(27-12-18(24)25-2)23(17)15-6-4-3-5-7-15/h8-10,15H,3-7,11-12H2,1-2H3. The minimum atomic E-state index is -0.271. The molecule has 8 heteroatoms. The highest BCUT2D eigenvalue weighted by Gasteiger charge is 2.24. The summed E-state index contributed by atoms with van der Waals surface area (Å²) in [5, 5.41) is 10.1. The highest BCUT2D eigenvalue weighted by atomic mass is 35.5. The first-order valence-electron chi connectivity index (χ1n) is 9.11. The van der Waals surface area contributed by atoms with E-state index in [9.17, 15) is 4.79 Å². The Morgan fingerprint density at radius 1 is 1.30 bits per heavy atom. The number of hydrogen-bond donors (Lipinski definition) is 0. The number of carbonyl (C=O) groups is 1. The van der Waals surface area contributed by atoms with Crippen molar-refractivity contribution in [3.05, 3.63) is 34.6 Å². The summed E-state index contributed by atoms with van der Waals surface area (Å²) in [6.07, 6.45) is 5.84. The number of methoxy groups -OCH3 is 1. The van der Waals surface area contributed by atoms with Crippen molar-refractivity contribution in [2.45, 2.75) is 56.8 Å². The summed E-state index contributed by atoms with van der Waals surface area (Å²) >= 11 is 7.38. The van der Waals surface area contributed by atoms with E-state index in [4.69, 9.17) is 21.1 Å². The largest absolute Gasteiger partial charge is 0.485 e. The summed E-state index contributed by atoms with van der Waals surface area (Å²) in [5.41, 5.74) is 0.978. The molecule has 27 heavy (non-hydrogen) atoms. The number of esters is 1. The first-order chi connectivity index (χ1) is 13.1. The molecule has 6 nitrogen and oxygen atoms in total. The smallest absolute Gasteiger partial charge is 0.316 e. The second-order valence-electron chi connectivity index (χ2n) is 6.62. The molecule has 1 fully saturated rings. The van der Waals surface area contributed by atoms with Gasteiger partial charge in [0.1, 0.15) is 12.4 Å². The first kappa shape index (κ1) is 20.0. The zero-order valence-electron chi connectivity index (χ0n) is 15.6. The van der Waals surface area contributed by atoms with Gasteiger partial charge in [-0.2, -0.15) is 0 Å². The zero-order valence-corrected chi connectivity index (χ0v) is 17.2. The number of aromatic nitrogens is 3. The average Bonchev–Trinajstić information content (AvgIpc) is 3.09. The summed E-state index contributed by atoms with van der Waals surface area (Å²) in [5.74, 6) is 1.51. The van der Waals surface area contributed by atoms with Crippen molar-refractivity contribution >= 4 is 29.3 Å². The molecular weight excluding hydrogens is 386 g/mol. The van der Waals surface area contributed by atoms with Crippen LogP contribution in [0.2, 0.25) is 5.02 Å². The van der Waals surface area contributed by atoms with Crippen LogP contribution in [0.3, 0.4) is 0 Å². The van der Waals surface area contributed by atoms with Gasteiger partial charge in [0.25, 0.3) is 0 Å². The normalized spacial score (nSPS) is 14.9. The number of carbonyl (C=O) groups excluding carboxylic acids is 1. The molecule has 146 valence electrons. The monoisotopic (exact) mass is 409 g/mol. The zero-order chi connectivity index (χ0) is 19.2. The molecule has 0 radical (unpaired) electrons. The van der Waals surface area contributed by atoms with Crippen LogP contribution < -0.4 is 4.74 Å². The quantitative estimate of drug-likeness (QED) is 0.492. The van der Waals surface area contributed by atoms with Crippen LogP contribution in [-0.2, 0) is 16.1 Å². The van der Waals surface area contributed by atoms with E-state index in [1.165, 1.54) is 38.1 Å². The fourth-order valence-electron chi connectivity index (χ4n) is 3.31. The first-order valence-corrected chi connectivity index (χ1v) is 10.5. The number of thioether (sulfide) groups is 1. The number of halogens is 1. The van der Waals surface area contributed by atoms with E-state index in [1.54, 1.807) is 0 Å². The van der Waals surface area contributed by atoms with Crippen LogP contribution in [0.25, 0.3) is 0 Å². The lowest BCUT2D eigenvalue weighted by Gasteiger charge is -2.25. The van der Waals surface area contributed by atoms with Gasteiger partial charge in [0, 0.05) is 11.1 Å². The van der Waals surface area contributed by atoms with E-state index >= 15 is 0 Å². The van der Waals surface area contributed by atoms with Crippen LogP contribution in [-0.4, -0.2) is 33.6 Å². The van der Waals surface area contributed by atoms with E-state index in [2.05, 4.69) is 14.8 Å². The topological polar surface area (TPSA) is 66.2 Å². The van der Waals surface area contributed by atoms with Crippen molar-refractivity contribution in [1.82, 2.24) is 14.8 Å². The van der Waals surface area contributed by atoms with Gasteiger partial charge in [0.15, 0.2) is 11.0 Å². The number of hydrogen-bond acceptors (Lipinski definition) is 6. The highest BCUT2D eigenvalue weighted by Crippen LogP contribution is 2.33. The molecule has 3 rings (SSSR count). The summed E-state index contributed by atoms with van der Waals surface area (Å²) < 4.78 is 12.9. The van der Waals surface area contributed by atoms with E-state index in [1.807, 2.05) is 25.1 Å². The van der Waals surface area contributed by atoms with Crippen molar-refractivity contribution in [2.24, 2.45) is 0 Å². The highest BCUT2D eigenvalue weighted by molar-refractivity contribution is 7.99. The van der Waals surface area contributed by atoms with Crippen LogP contribution in [0.4, 0.5) is 0 Å². The Kier molecular flexibility index (Phi) is 7.01. The SMILES string of the molecule is COC(=O)CSc1nnc(COc2ccc(Cl)cc2C)n1C1CCCCC1. The molecule has 0 N–H and O–H groups in total. The van der Waals surface area contributed by atoms with Crippen molar-refractivity contribution in [3.8, 4) is 5.75 Å². The minimum absolute atomic E-state index is 0.221. The Morgan fingerprint density at radius 3 is 2.78 bits per heavy atom. The van der Waals surface area contributed by atoms with Gasteiger partial charge in [0.2, 0.25) is 0 Å². The van der Waals surface area contributed by atoms with Crippen LogP contribution >= 0.6 is 23.4 Å². The van der Waals surface area contributed by atoms with Crippen molar-refractivity contribution < 1.29 is 14.3 Å². The molecule has 2 aromatic rings. The molecule has 0 aliphatic heterocycles. The third kappa shape index (κ3) is 5.17.